The predicted octanol–water partition coefficient (Wildman–Crippen LogP) is 2.53. The van der Waals surface area contributed by atoms with Crippen molar-refractivity contribution in [3.05, 3.63) is 58.3 Å². The molecular weight excluding hydrogens is 258 g/mol. The third kappa shape index (κ3) is 4.50. The molecule has 3 nitrogen and oxygen atoms in total. The fourth-order valence-electron chi connectivity index (χ4n) is 1.78. The largest absolute Gasteiger partial charge is 0.387 e. The molecule has 0 spiro atoms. The first kappa shape index (κ1) is 13.8. The lowest BCUT2D eigenvalue weighted by molar-refractivity contribution is -0.121. The molecule has 1 unspecified atom stereocenters. The Bertz CT molecular complexity index is 496. The Balaban J connectivity index is 1.71. The maximum Gasteiger partial charge on any atom is 0.220 e. The van der Waals surface area contributed by atoms with Crippen LogP contribution >= 0.6 is 11.3 Å². The maximum absolute atomic E-state index is 11.7. The van der Waals surface area contributed by atoms with Crippen LogP contribution in [0, 0.1) is 0 Å². The second-order valence-electron chi connectivity index (χ2n) is 4.31. The number of thiophene rings is 1. The van der Waals surface area contributed by atoms with E-state index >= 15 is 0 Å². The van der Waals surface area contributed by atoms with Gasteiger partial charge < -0.3 is 10.4 Å². The summed E-state index contributed by atoms with van der Waals surface area (Å²) in [5.41, 5.74) is 0.820. The summed E-state index contributed by atoms with van der Waals surface area (Å²) in [7, 11) is 0. The second kappa shape index (κ2) is 7.07. The predicted molar refractivity (Wildman–Crippen MR) is 77.1 cm³/mol. The van der Waals surface area contributed by atoms with Gasteiger partial charge >= 0.3 is 0 Å². The van der Waals surface area contributed by atoms with Gasteiger partial charge in [-0.3, -0.25) is 4.79 Å². The van der Waals surface area contributed by atoms with Crippen molar-refractivity contribution in [3.63, 3.8) is 0 Å². The average Bonchev–Trinajstić information content (AvgIpc) is 2.96. The molecule has 0 saturated heterocycles. The molecule has 0 bridgehead atoms. The fraction of sp³-hybridized carbons (Fsp3) is 0.267. The van der Waals surface area contributed by atoms with E-state index in [1.54, 1.807) is 11.3 Å². The van der Waals surface area contributed by atoms with Crippen molar-refractivity contribution < 1.29 is 9.90 Å². The van der Waals surface area contributed by atoms with Crippen molar-refractivity contribution >= 4 is 17.2 Å². The van der Waals surface area contributed by atoms with Crippen LogP contribution in [0.15, 0.2) is 47.8 Å². The number of carbonyl (C=O) groups excluding carboxylic acids is 1. The standard InChI is InChI=1S/C15H17NO2S/c17-14(12-5-2-1-3-6-12)11-16-15(18)9-8-13-7-4-10-19-13/h1-7,10,14,17H,8-9,11H2,(H,16,18). The van der Waals surface area contributed by atoms with Gasteiger partial charge in [0, 0.05) is 17.8 Å². The molecule has 0 aliphatic rings. The van der Waals surface area contributed by atoms with Crippen molar-refractivity contribution in [1.29, 1.82) is 0 Å². The number of hydrogen-bond acceptors (Lipinski definition) is 3. The summed E-state index contributed by atoms with van der Waals surface area (Å²) < 4.78 is 0. The lowest BCUT2D eigenvalue weighted by Crippen LogP contribution is -2.28. The molecule has 0 radical (unpaired) electrons. The minimum absolute atomic E-state index is 0.0246. The van der Waals surface area contributed by atoms with E-state index < -0.39 is 6.10 Å². The molecule has 0 aliphatic heterocycles. The molecule has 1 heterocycles. The van der Waals surface area contributed by atoms with E-state index in [9.17, 15) is 9.90 Å². The topological polar surface area (TPSA) is 49.3 Å². The smallest absolute Gasteiger partial charge is 0.220 e. The molecule has 2 N–H and O–H groups in total. The number of aryl methyl sites for hydroxylation is 1. The van der Waals surface area contributed by atoms with Crippen LogP contribution in [0.3, 0.4) is 0 Å². The van der Waals surface area contributed by atoms with Crippen LogP contribution in [-0.2, 0) is 11.2 Å². The first-order valence-corrected chi connectivity index (χ1v) is 7.16. The molecule has 2 rings (SSSR count). The highest BCUT2D eigenvalue weighted by molar-refractivity contribution is 7.09. The van der Waals surface area contributed by atoms with Crippen LogP contribution in [0.4, 0.5) is 0 Å². The van der Waals surface area contributed by atoms with Crippen LogP contribution in [0.2, 0.25) is 0 Å². The summed E-state index contributed by atoms with van der Waals surface area (Å²) in [5.74, 6) is -0.0246. The van der Waals surface area contributed by atoms with Crippen LogP contribution in [0.5, 0.6) is 0 Å². The van der Waals surface area contributed by atoms with E-state index in [-0.39, 0.29) is 12.5 Å². The number of amides is 1. The van der Waals surface area contributed by atoms with Crippen LogP contribution in [-0.4, -0.2) is 17.6 Å². The Morgan fingerprint density at radius 3 is 2.68 bits per heavy atom. The molecule has 1 aromatic carbocycles. The van der Waals surface area contributed by atoms with Crippen molar-refractivity contribution in [2.24, 2.45) is 0 Å². The molecule has 19 heavy (non-hydrogen) atoms. The van der Waals surface area contributed by atoms with Gasteiger partial charge in [0.15, 0.2) is 0 Å². The number of nitrogens with one attached hydrogen (secondary N) is 1. The van der Waals surface area contributed by atoms with Gasteiger partial charge in [-0.15, -0.1) is 11.3 Å². The third-order valence-electron chi connectivity index (χ3n) is 2.86. The first-order valence-electron chi connectivity index (χ1n) is 6.28. The number of aliphatic hydroxyl groups is 1. The van der Waals surface area contributed by atoms with Gasteiger partial charge in [-0.1, -0.05) is 36.4 Å². The maximum atomic E-state index is 11.7. The summed E-state index contributed by atoms with van der Waals surface area (Å²) in [4.78, 5) is 12.9. The molecule has 2 aromatic rings. The highest BCUT2D eigenvalue weighted by Gasteiger charge is 2.09. The van der Waals surface area contributed by atoms with Crippen molar-refractivity contribution in [2.75, 3.05) is 6.54 Å². The zero-order chi connectivity index (χ0) is 13.5. The quantitative estimate of drug-likeness (QED) is 0.851. The molecule has 0 saturated carbocycles. The lowest BCUT2D eigenvalue weighted by atomic mass is 10.1. The van der Waals surface area contributed by atoms with Gasteiger partial charge in [-0.2, -0.15) is 0 Å². The Morgan fingerprint density at radius 2 is 2.00 bits per heavy atom. The summed E-state index contributed by atoms with van der Waals surface area (Å²) in [5, 5.41) is 14.7. The SMILES string of the molecule is O=C(CCc1cccs1)NCC(O)c1ccccc1. The average molecular weight is 275 g/mol. The van der Waals surface area contributed by atoms with E-state index in [2.05, 4.69) is 5.32 Å². The zero-order valence-electron chi connectivity index (χ0n) is 10.6. The lowest BCUT2D eigenvalue weighted by Gasteiger charge is -2.12. The molecule has 0 aliphatic carbocycles. The highest BCUT2D eigenvalue weighted by Crippen LogP contribution is 2.12. The first-order chi connectivity index (χ1) is 9.25. The van der Waals surface area contributed by atoms with Crippen LogP contribution in [0.1, 0.15) is 23.0 Å². The summed E-state index contributed by atoms with van der Waals surface area (Å²) in [6.07, 6.45) is 0.569. The van der Waals surface area contributed by atoms with E-state index in [1.165, 1.54) is 4.88 Å². The molecule has 1 amide bonds. The number of hydrogen-bond donors (Lipinski definition) is 2. The second-order valence-corrected chi connectivity index (χ2v) is 5.34. The van der Waals surface area contributed by atoms with Gasteiger partial charge in [0.1, 0.15) is 0 Å². The molecule has 4 heteroatoms. The summed E-state index contributed by atoms with van der Waals surface area (Å²) in [6, 6.07) is 13.4. The third-order valence-corrected chi connectivity index (χ3v) is 3.79. The summed E-state index contributed by atoms with van der Waals surface area (Å²) in [6.45, 7) is 0.257. The van der Waals surface area contributed by atoms with E-state index in [0.717, 1.165) is 12.0 Å². The Labute approximate surface area is 116 Å². The number of rotatable bonds is 6. The van der Waals surface area contributed by atoms with Gasteiger partial charge in [0.2, 0.25) is 5.91 Å². The number of carbonyl (C=O) groups is 1. The van der Waals surface area contributed by atoms with Gasteiger partial charge in [-0.25, -0.2) is 0 Å². The van der Waals surface area contributed by atoms with Gasteiger partial charge in [-0.05, 0) is 23.4 Å². The molecular formula is C15H17NO2S. The Hall–Kier alpha value is -1.65. The minimum atomic E-state index is -0.646. The highest BCUT2D eigenvalue weighted by atomic mass is 32.1. The zero-order valence-corrected chi connectivity index (χ0v) is 11.4. The monoisotopic (exact) mass is 275 g/mol. The van der Waals surface area contributed by atoms with Crippen molar-refractivity contribution in [3.8, 4) is 0 Å². The molecule has 1 aromatic heterocycles. The molecule has 100 valence electrons. The van der Waals surface area contributed by atoms with Gasteiger partial charge in [0.25, 0.3) is 0 Å². The van der Waals surface area contributed by atoms with Crippen molar-refractivity contribution in [2.45, 2.75) is 18.9 Å². The summed E-state index contributed by atoms with van der Waals surface area (Å²) >= 11 is 1.66. The fourth-order valence-corrected chi connectivity index (χ4v) is 2.49. The molecule has 1 atom stereocenters. The van der Waals surface area contributed by atoms with Crippen LogP contribution in [0.25, 0.3) is 0 Å². The van der Waals surface area contributed by atoms with Crippen molar-refractivity contribution in [1.82, 2.24) is 5.32 Å². The minimum Gasteiger partial charge on any atom is -0.387 e. The molecule has 0 fully saturated rings. The number of aliphatic hydroxyl groups excluding tert-OH is 1. The Kier molecular flexibility index (Phi) is 5.12. The van der Waals surface area contributed by atoms with Gasteiger partial charge in [0.05, 0.1) is 6.10 Å². The number of benzene rings is 1. The van der Waals surface area contributed by atoms with Crippen LogP contribution < -0.4 is 5.32 Å². The van der Waals surface area contributed by atoms with E-state index in [1.807, 2.05) is 47.8 Å². The van der Waals surface area contributed by atoms with E-state index in [4.69, 9.17) is 0 Å². The normalized spacial score (nSPS) is 12.1. The Morgan fingerprint density at radius 1 is 1.21 bits per heavy atom. The van der Waals surface area contributed by atoms with E-state index in [0.29, 0.717) is 6.42 Å².